The van der Waals surface area contributed by atoms with E-state index in [4.69, 9.17) is 14.7 Å². The number of anilines is 2. The average Bonchev–Trinajstić information content (AvgIpc) is 2.97. The van der Waals surface area contributed by atoms with Crippen LogP contribution in [-0.4, -0.2) is 52.1 Å². The summed E-state index contributed by atoms with van der Waals surface area (Å²) in [4.78, 5) is 34.3. The molecule has 0 unspecified atom stereocenters. The lowest BCUT2D eigenvalue weighted by Gasteiger charge is -2.28. The van der Waals surface area contributed by atoms with Crippen LogP contribution >= 0.6 is 0 Å². The van der Waals surface area contributed by atoms with Crippen molar-refractivity contribution < 1.29 is 9.53 Å². The normalized spacial score (nSPS) is 14.0. The summed E-state index contributed by atoms with van der Waals surface area (Å²) in [5.74, 6) is -0.203. The van der Waals surface area contributed by atoms with Crippen LogP contribution in [0.5, 0.6) is 0 Å². The maximum absolute atomic E-state index is 13.1. The first kappa shape index (κ1) is 21.6. The minimum Gasteiger partial charge on any atom is -0.378 e. The van der Waals surface area contributed by atoms with E-state index < -0.39 is 0 Å². The number of carbonyl (C=O) groups excluding carboxylic acids is 1. The van der Waals surface area contributed by atoms with E-state index in [1.54, 1.807) is 24.5 Å². The van der Waals surface area contributed by atoms with Crippen molar-refractivity contribution in [2.24, 2.45) is 0 Å². The summed E-state index contributed by atoms with van der Waals surface area (Å²) in [5.41, 5.74) is 6.62. The minimum absolute atomic E-state index is 0.203. The van der Waals surface area contributed by atoms with Gasteiger partial charge in [-0.3, -0.25) is 14.8 Å². The monoisotopic (exact) mass is 486 g/mol. The third kappa shape index (κ3) is 3.78. The number of carbonyl (C=O) groups is 1. The van der Waals surface area contributed by atoms with Gasteiger partial charge in [-0.2, -0.15) is 0 Å². The third-order valence-corrected chi connectivity index (χ3v) is 6.78. The van der Waals surface area contributed by atoms with Gasteiger partial charge in [0.15, 0.2) is 0 Å². The molecule has 8 nitrogen and oxygen atoms in total. The Balaban J connectivity index is 1.25. The lowest BCUT2D eigenvalue weighted by atomic mass is 10.1. The second-order valence-corrected chi connectivity index (χ2v) is 9.02. The standard InChI is InChI=1S/C29H22N6O2/c36-29(32-19-6-8-20(9-7-19)35-13-15-37-16-14-35)18-5-10-23-24(17-18)34-28-26-22(4-2-12-31-26)21-3-1-11-30-25(21)27(28)33-23/h1-12,17H,13-16H2,(H,32,36). The van der Waals surface area contributed by atoms with E-state index in [9.17, 15) is 4.79 Å². The number of ether oxygens (including phenoxy) is 1. The van der Waals surface area contributed by atoms with Gasteiger partial charge >= 0.3 is 0 Å². The Morgan fingerprint density at radius 3 is 2.08 bits per heavy atom. The molecule has 0 bridgehead atoms. The highest BCUT2D eigenvalue weighted by Crippen LogP contribution is 2.32. The molecular formula is C29H22N6O2. The lowest BCUT2D eigenvalue weighted by molar-refractivity contribution is 0.102. The van der Waals surface area contributed by atoms with Crippen LogP contribution in [0.15, 0.2) is 79.1 Å². The van der Waals surface area contributed by atoms with Crippen LogP contribution in [-0.2, 0) is 4.74 Å². The van der Waals surface area contributed by atoms with Gasteiger partial charge in [0.1, 0.15) is 11.0 Å². The van der Waals surface area contributed by atoms with Crippen molar-refractivity contribution in [1.29, 1.82) is 0 Å². The Bertz CT molecular complexity index is 1810. The van der Waals surface area contributed by atoms with Crippen molar-refractivity contribution in [3.63, 3.8) is 0 Å². The van der Waals surface area contributed by atoms with E-state index in [1.165, 1.54) is 0 Å². The number of hydrogen-bond donors (Lipinski definition) is 1. The zero-order valence-electron chi connectivity index (χ0n) is 19.9. The topological polar surface area (TPSA) is 93.1 Å². The van der Waals surface area contributed by atoms with Gasteiger partial charge in [-0.25, -0.2) is 9.97 Å². The van der Waals surface area contributed by atoms with Crippen LogP contribution in [0, 0.1) is 0 Å². The molecule has 1 N–H and O–H groups in total. The van der Waals surface area contributed by atoms with E-state index in [-0.39, 0.29) is 5.91 Å². The molecule has 1 saturated heterocycles. The highest BCUT2D eigenvalue weighted by molar-refractivity contribution is 6.21. The first-order valence-electron chi connectivity index (χ1n) is 12.2. The zero-order chi connectivity index (χ0) is 24.8. The van der Waals surface area contributed by atoms with Crippen LogP contribution in [0.25, 0.3) is 43.9 Å². The lowest BCUT2D eigenvalue weighted by Crippen LogP contribution is -2.36. The number of nitrogens with zero attached hydrogens (tertiary/aromatic N) is 5. The summed E-state index contributed by atoms with van der Waals surface area (Å²) in [6, 6.07) is 21.1. The van der Waals surface area contributed by atoms with Crippen LogP contribution in [0.4, 0.5) is 11.4 Å². The summed E-state index contributed by atoms with van der Waals surface area (Å²) in [6.45, 7) is 3.21. The largest absolute Gasteiger partial charge is 0.378 e. The van der Waals surface area contributed by atoms with Crippen molar-refractivity contribution in [3.8, 4) is 0 Å². The predicted octanol–water partition coefficient (Wildman–Crippen LogP) is 4.97. The molecule has 0 atom stereocenters. The molecule has 180 valence electrons. The van der Waals surface area contributed by atoms with Crippen molar-refractivity contribution in [2.75, 3.05) is 36.5 Å². The number of hydrogen-bond acceptors (Lipinski definition) is 7. The highest BCUT2D eigenvalue weighted by atomic mass is 16.5. The summed E-state index contributed by atoms with van der Waals surface area (Å²) in [7, 11) is 0. The molecule has 1 amide bonds. The summed E-state index contributed by atoms with van der Waals surface area (Å²) in [5, 5.41) is 4.95. The number of aromatic nitrogens is 4. The fraction of sp³-hybridized carbons (Fsp3) is 0.138. The highest BCUT2D eigenvalue weighted by Gasteiger charge is 2.16. The molecule has 0 radical (unpaired) electrons. The van der Waals surface area contributed by atoms with Crippen molar-refractivity contribution in [3.05, 3.63) is 84.7 Å². The second kappa shape index (κ2) is 8.76. The smallest absolute Gasteiger partial charge is 0.255 e. The van der Waals surface area contributed by atoms with Crippen molar-refractivity contribution in [2.45, 2.75) is 0 Å². The average molecular weight is 487 g/mol. The van der Waals surface area contributed by atoms with Gasteiger partial charge in [0.2, 0.25) is 0 Å². The first-order chi connectivity index (χ1) is 18.2. The fourth-order valence-electron chi connectivity index (χ4n) is 4.93. The number of morpholine rings is 1. The second-order valence-electron chi connectivity index (χ2n) is 9.02. The number of rotatable bonds is 3. The molecule has 8 heteroatoms. The maximum Gasteiger partial charge on any atom is 0.255 e. The van der Waals surface area contributed by atoms with E-state index in [1.807, 2.05) is 54.6 Å². The van der Waals surface area contributed by atoms with Crippen molar-refractivity contribution in [1.82, 2.24) is 19.9 Å². The molecule has 4 heterocycles. The molecule has 6 aromatic rings. The molecule has 3 aromatic carbocycles. The molecule has 1 aliphatic rings. The molecular weight excluding hydrogens is 464 g/mol. The molecule has 3 aromatic heterocycles. The minimum atomic E-state index is -0.203. The van der Waals surface area contributed by atoms with Crippen LogP contribution in [0.3, 0.4) is 0 Å². The van der Waals surface area contributed by atoms with E-state index in [0.29, 0.717) is 27.6 Å². The number of nitrogens with one attached hydrogen (secondary N) is 1. The summed E-state index contributed by atoms with van der Waals surface area (Å²) >= 11 is 0. The number of amides is 1. The quantitative estimate of drug-likeness (QED) is 0.279. The molecule has 1 fully saturated rings. The third-order valence-electron chi connectivity index (χ3n) is 6.78. The maximum atomic E-state index is 13.1. The van der Waals surface area contributed by atoms with E-state index in [2.05, 4.69) is 20.2 Å². The van der Waals surface area contributed by atoms with Crippen LogP contribution in [0.2, 0.25) is 0 Å². The Morgan fingerprint density at radius 1 is 0.757 bits per heavy atom. The van der Waals surface area contributed by atoms with Gasteiger partial charge < -0.3 is 15.0 Å². The van der Waals surface area contributed by atoms with Gasteiger partial charge in [0.25, 0.3) is 5.91 Å². The van der Waals surface area contributed by atoms with E-state index in [0.717, 1.165) is 59.5 Å². The number of pyridine rings is 2. The number of benzene rings is 3. The Hall–Kier alpha value is -4.69. The van der Waals surface area contributed by atoms with E-state index >= 15 is 0 Å². The van der Waals surface area contributed by atoms with Crippen LogP contribution in [0.1, 0.15) is 10.4 Å². The Labute approximate surface area is 211 Å². The Kier molecular flexibility index (Phi) is 5.11. The summed E-state index contributed by atoms with van der Waals surface area (Å²) < 4.78 is 5.43. The Morgan fingerprint density at radius 2 is 1.41 bits per heavy atom. The molecule has 0 spiro atoms. The van der Waals surface area contributed by atoms with Gasteiger partial charge in [-0.15, -0.1) is 0 Å². The molecule has 1 aliphatic heterocycles. The summed E-state index contributed by atoms with van der Waals surface area (Å²) in [6.07, 6.45) is 3.51. The molecule has 37 heavy (non-hydrogen) atoms. The molecule has 0 aliphatic carbocycles. The van der Waals surface area contributed by atoms with Gasteiger partial charge in [0, 0.05) is 53.2 Å². The molecule has 7 rings (SSSR count). The van der Waals surface area contributed by atoms with Gasteiger partial charge in [-0.1, -0.05) is 12.1 Å². The predicted molar refractivity (Wildman–Crippen MR) is 145 cm³/mol. The zero-order valence-corrected chi connectivity index (χ0v) is 19.9. The van der Waals surface area contributed by atoms with Gasteiger partial charge in [-0.05, 0) is 54.6 Å². The number of fused-ring (bicyclic) bond motifs is 7. The SMILES string of the molecule is O=C(Nc1ccc(N2CCOCC2)cc1)c1ccc2nc3c4ncccc4c4cccnc4c3nc2c1. The fourth-order valence-corrected chi connectivity index (χ4v) is 4.93. The van der Waals surface area contributed by atoms with Crippen LogP contribution < -0.4 is 10.2 Å². The van der Waals surface area contributed by atoms with Crippen molar-refractivity contribution >= 4 is 61.2 Å². The molecule has 0 saturated carbocycles. The first-order valence-corrected chi connectivity index (χ1v) is 12.2. The van der Waals surface area contributed by atoms with Gasteiger partial charge in [0.05, 0.1) is 35.3 Å².